The molecule has 0 aliphatic carbocycles. The quantitative estimate of drug-likeness (QED) is 0.872. The molecule has 2 nitrogen and oxygen atoms in total. The number of aryl methyl sites for hydroxylation is 1. The van der Waals surface area contributed by atoms with Gasteiger partial charge >= 0.3 is 5.97 Å². The molecule has 2 aromatic carbocycles. The number of carboxylic acids is 1. The minimum absolute atomic E-state index is 0.298. The van der Waals surface area contributed by atoms with Crippen molar-refractivity contribution < 1.29 is 14.3 Å². The molecular formula is C15H13FO2. The largest absolute Gasteiger partial charge is 0.478 e. The van der Waals surface area contributed by atoms with Gasteiger partial charge in [0, 0.05) is 5.56 Å². The van der Waals surface area contributed by atoms with Crippen LogP contribution in [-0.2, 0) is 0 Å². The van der Waals surface area contributed by atoms with Gasteiger partial charge in [0.2, 0.25) is 0 Å². The average molecular weight is 244 g/mol. The highest BCUT2D eigenvalue weighted by Gasteiger charge is 2.16. The summed E-state index contributed by atoms with van der Waals surface area (Å²) in [5, 5.41) is 8.92. The fourth-order valence-electron chi connectivity index (χ4n) is 1.95. The summed E-state index contributed by atoms with van der Waals surface area (Å²) in [4.78, 5) is 10.9. The highest BCUT2D eigenvalue weighted by molar-refractivity contribution is 5.90. The van der Waals surface area contributed by atoms with Crippen LogP contribution in [0.2, 0.25) is 0 Å². The highest BCUT2D eigenvalue weighted by Crippen LogP contribution is 2.29. The number of carbonyl (C=O) groups is 1. The maximum absolute atomic E-state index is 14.1. The number of halogens is 1. The minimum Gasteiger partial charge on any atom is -0.478 e. The van der Waals surface area contributed by atoms with E-state index in [-0.39, 0.29) is 5.56 Å². The van der Waals surface area contributed by atoms with Crippen LogP contribution in [0.1, 0.15) is 21.5 Å². The van der Waals surface area contributed by atoms with Gasteiger partial charge in [0.25, 0.3) is 0 Å². The Balaban J connectivity index is 2.69. The second kappa shape index (κ2) is 4.61. The fraction of sp³-hybridized carbons (Fsp3) is 0.133. The molecular weight excluding hydrogens is 231 g/mol. The van der Waals surface area contributed by atoms with Gasteiger partial charge in [-0.25, -0.2) is 9.18 Å². The van der Waals surface area contributed by atoms with Crippen LogP contribution in [0, 0.1) is 19.7 Å². The molecule has 0 amide bonds. The van der Waals surface area contributed by atoms with Crippen LogP contribution in [0.5, 0.6) is 0 Å². The van der Waals surface area contributed by atoms with Crippen molar-refractivity contribution >= 4 is 5.97 Å². The van der Waals surface area contributed by atoms with E-state index in [1.54, 1.807) is 18.2 Å². The summed E-state index contributed by atoms with van der Waals surface area (Å²) in [6, 6.07) is 10.0. The van der Waals surface area contributed by atoms with Crippen LogP contribution < -0.4 is 0 Å². The van der Waals surface area contributed by atoms with Crippen molar-refractivity contribution in [1.82, 2.24) is 0 Å². The molecule has 0 aliphatic heterocycles. The van der Waals surface area contributed by atoms with E-state index < -0.39 is 11.8 Å². The molecule has 0 fully saturated rings. The van der Waals surface area contributed by atoms with Crippen molar-refractivity contribution in [2.45, 2.75) is 13.8 Å². The van der Waals surface area contributed by atoms with Crippen LogP contribution in [0.15, 0.2) is 36.4 Å². The van der Waals surface area contributed by atoms with Crippen LogP contribution in [0.4, 0.5) is 4.39 Å². The topological polar surface area (TPSA) is 37.3 Å². The van der Waals surface area contributed by atoms with Gasteiger partial charge in [-0.3, -0.25) is 0 Å². The van der Waals surface area contributed by atoms with E-state index in [1.165, 1.54) is 6.07 Å². The summed E-state index contributed by atoms with van der Waals surface area (Å²) >= 11 is 0. The Morgan fingerprint density at radius 3 is 2.33 bits per heavy atom. The third kappa shape index (κ3) is 1.99. The van der Waals surface area contributed by atoms with Crippen LogP contribution >= 0.6 is 0 Å². The number of hydrogen-bond donors (Lipinski definition) is 1. The lowest BCUT2D eigenvalue weighted by Gasteiger charge is -2.10. The first kappa shape index (κ1) is 12.3. The number of carboxylic acid groups (broad SMARTS) is 1. The van der Waals surface area contributed by atoms with Gasteiger partial charge in [0.05, 0.1) is 5.56 Å². The lowest BCUT2D eigenvalue weighted by atomic mass is 9.95. The summed E-state index contributed by atoms with van der Waals surface area (Å²) in [5.74, 6) is -1.93. The summed E-state index contributed by atoms with van der Waals surface area (Å²) in [7, 11) is 0. The maximum atomic E-state index is 14.1. The predicted molar refractivity (Wildman–Crippen MR) is 68.3 cm³/mol. The molecule has 3 heteroatoms. The summed E-state index contributed by atoms with van der Waals surface area (Å²) in [6.45, 7) is 3.84. The Labute approximate surface area is 105 Å². The Bertz CT molecular complexity index is 618. The maximum Gasteiger partial charge on any atom is 0.338 e. The number of aromatic carboxylic acids is 1. The lowest BCUT2D eigenvalue weighted by molar-refractivity contribution is 0.0692. The van der Waals surface area contributed by atoms with Crippen molar-refractivity contribution in [3.63, 3.8) is 0 Å². The molecule has 0 unspecified atom stereocenters. The molecule has 0 radical (unpaired) electrons. The van der Waals surface area contributed by atoms with Gasteiger partial charge in [-0.2, -0.15) is 0 Å². The number of hydrogen-bond acceptors (Lipinski definition) is 1. The van der Waals surface area contributed by atoms with Crippen LogP contribution in [0.25, 0.3) is 11.1 Å². The lowest BCUT2D eigenvalue weighted by Crippen LogP contribution is -2.02. The van der Waals surface area contributed by atoms with E-state index in [4.69, 9.17) is 5.11 Å². The first-order valence-corrected chi connectivity index (χ1v) is 5.60. The summed E-state index contributed by atoms with van der Waals surface area (Å²) in [6.07, 6.45) is 0. The van der Waals surface area contributed by atoms with Gasteiger partial charge in [-0.05, 0) is 36.6 Å². The van der Waals surface area contributed by atoms with Gasteiger partial charge < -0.3 is 5.11 Å². The van der Waals surface area contributed by atoms with Crippen molar-refractivity contribution in [2.75, 3.05) is 0 Å². The van der Waals surface area contributed by atoms with E-state index in [2.05, 4.69) is 0 Å². The Morgan fingerprint density at radius 1 is 1.06 bits per heavy atom. The summed E-state index contributed by atoms with van der Waals surface area (Å²) < 4.78 is 14.1. The number of rotatable bonds is 2. The van der Waals surface area contributed by atoms with Crippen molar-refractivity contribution in [3.8, 4) is 11.1 Å². The smallest absolute Gasteiger partial charge is 0.338 e. The Kier molecular flexibility index (Phi) is 3.15. The van der Waals surface area contributed by atoms with E-state index in [9.17, 15) is 9.18 Å². The predicted octanol–water partition coefficient (Wildman–Crippen LogP) is 3.81. The molecule has 2 aromatic rings. The average Bonchev–Trinajstić information content (AvgIpc) is 2.33. The molecule has 0 heterocycles. The monoisotopic (exact) mass is 244 g/mol. The van der Waals surface area contributed by atoms with Gasteiger partial charge in [-0.1, -0.05) is 30.3 Å². The zero-order chi connectivity index (χ0) is 13.3. The molecule has 1 N–H and O–H groups in total. The molecule has 0 atom stereocenters. The molecule has 0 saturated heterocycles. The second-order valence-corrected chi connectivity index (χ2v) is 4.22. The van der Waals surface area contributed by atoms with E-state index in [0.717, 1.165) is 16.7 Å². The van der Waals surface area contributed by atoms with E-state index in [1.807, 2.05) is 26.0 Å². The first-order valence-electron chi connectivity index (χ1n) is 5.60. The molecule has 0 spiro atoms. The van der Waals surface area contributed by atoms with Gasteiger partial charge in [0.15, 0.2) is 0 Å². The van der Waals surface area contributed by atoms with Gasteiger partial charge in [-0.15, -0.1) is 0 Å². The highest BCUT2D eigenvalue weighted by atomic mass is 19.1. The fourth-order valence-corrected chi connectivity index (χ4v) is 1.95. The molecule has 0 saturated carbocycles. The first-order chi connectivity index (χ1) is 8.52. The zero-order valence-electron chi connectivity index (χ0n) is 10.2. The molecule has 2 rings (SSSR count). The molecule has 0 aromatic heterocycles. The van der Waals surface area contributed by atoms with Gasteiger partial charge in [0.1, 0.15) is 5.82 Å². The zero-order valence-corrected chi connectivity index (χ0v) is 10.2. The van der Waals surface area contributed by atoms with Crippen molar-refractivity contribution in [3.05, 3.63) is 58.9 Å². The normalized spacial score (nSPS) is 10.4. The van der Waals surface area contributed by atoms with Crippen molar-refractivity contribution in [2.24, 2.45) is 0 Å². The summed E-state index contributed by atoms with van der Waals surface area (Å²) in [5.41, 5.74) is 2.77. The molecule has 0 aliphatic rings. The Morgan fingerprint density at radius 2 is 1.67 bits per heavy atom. The van der Waals surface area contributed by atoms with E-state index >= 15 is 0 Å². The Hall–Kier alpha value is -2.16. The van der Waals surface area contributed by atoms with E-state index in [0.29, 0.717) is 5.56 Å². The third-order valence-electron chi connectivity index (χ3n) is 3.12. The third-order valence-corrected chi connectivity index (χ3v) is 3.12. The number of benzene rings is 2. The minimum atomic E-state index is -1.25. The molecule has 0 bridgehead atoms. The molecule has 92 valence electrons. The standard InChI is InChI=1S/C15H13FO2/c1-9-5-3-6-11(10(9)2)12-7-4-8-13(14(12)16)15(17)18/h3-8H,1-2H3,(H,17,18). The second-order valence-electron chi connectivity index (χ2n) is 4.22. The SMILES string of the molecule is Cc1cccc(-c2cccc(C(=O)O)c2F)c1C. The molecule has 18 heavy (non-hydrogen) atoms. The van der Waals surface area contributed by atoms with Crippen LogP contribution in [-0.4, -0.2) is 11.1 Å². The van der Waals surface area contributed by atoms with Crippen LogP contribution in [0.3, 0.4) is 0 Å². The van der Waals surface area contributed by atoms with Crippen molar-refractivity contribution in [1.29, 1.82) is 0 Å².